The first-order valence-electron chi connectivity index (χ1n) is 10.4. The molecule has 2 aliphatic rings. The smallest absolute Gasteiger partial charge is 0.255 e. The van der Waals surface area contributed by atoms with Gasteiger partial charge in [0.1, 0.15) is 5.82 Å². The van der Waals surface area contributed by atoms with E-state index in [0.717, 1.165) is 12.5 Å². The SMILES string of the molecule is C[C@H]1CC2CC(S(=O)(=O)c3cc(C(=O)Nc4ccc(F)c(Cl)c4)ccc3Cl)CC1[C@]2(C)O. The van der Waals surface area contributed by atoms with E-state index in [-0.39, 0.29) is 43.9 Å². The number of aliphatic hydroxyl groups is 1. The van der Waals surface area contributed by atoms with Gasteiger partial charge in [0.05, 0.1) is 25.8 Å². The van der Waals surface area contributed by atoms with Crippen LogP contribution in [0.15, 0.2) is 41.3 Å². The molecular weight excluding hydrogens is 476 g/mol. The molecule has 0 heterocycles. The predicted octanol–water partition coefficient (Wildman–Crippen LogP) is 5.34. The molecule has 172 valence electrons. The summed E-state index contributed by atoms with van der Waals surface area (Å²) in [6.45, 7) is 3.85. The van der Waals surface area contributed by atoms with E-state index in [0.29, 0.717) is 12.8 Å². The van der Waals surface area contributed by atoms with E-state index in [2.05, 4.69) is 5.32 Å². The Morgan fingerprint density at radius 1 is 1.12 bits per heavy atom. The van der Waals surface area contributed by atoms with E-state index in [1.165, 1.54) is 30.3 Å². The number of hydrogen-bond donors (Lipinski definition) is 2. The van der Waals surface area contributed by atoms with Crippen LogP contribution in [-0.2, 0) is 9.84 Å². The van der Waals surface area contributed by atoms with Gasteiger partial charge in [0.2, 0.25) is 0 Å². The molecule has 1 amide bonds. The quantitative estimate of drug-likeness (QED) is 0.594. The van der Waals surface area contributed by atoms with E-state index in [9.17, 15) is 22.7 Å². The van der Waals surface area contributed by atoms with Crippen molar-refractivity contribution < 1.29 is 22.7 Å². The van der Waals surface area contributed by atoms with Crippen LogP contribution in [0.4, 0.5) is 10.1 Å². The van der Waals surface area contributed by atoms with E-state index in [4.69, 9.17) is 23.2 Å². The van der Waals surface area contributed by atoms with Gasteiger partial charge in [0, 0.05) is 11.3 Å². The van der Waals surface area contributed by atoms with Gasteiger partial charge in [-0.05, 0) is 80.3 Å². The maximum absolute atomic E-state index is 13.5. The number of sulfone groups is 1. The summed E-state index contributed by atoms with van der Waals surface area (Å²) in [6.07, 6.45) is 1.50. The van der Waals surface area contributed by atoms with Crippen molar-refractivity contribution >= 4 is 44.6 Å². The average Bonchev–Trinajstić information content (AvgIpc) is 2.84. The summed E-state index contributed by atoms with van der Waals surface area (Å²) >= 11 is 12.0. The van der Waals surface area contributed by atoms with Gasteiger partial charge in [0.15, 0.2) is 9.84 Å². The Labute approximate surface area is 196 Å². The molecule has 0 spiro atoms. The fourth-order valence-corrected chi connectivity index (χ4v) is 7.86. The van der Waals surface area contributed by atoms with Crippen LogP contribution in [-0.4, -0.2) is 30.3 Å². The molecule has 2 bridgehead atoms. The number of halogens is 3. The van der Waals surface area contributed by atoms with E-state index >= 15 is 0 Å². The Morgan fingerprint density at radius 2 is 1.84 bits per heavy atom. The van der Waals surface area contributed by atoms with Crippen molar-refractivity contribution in [1.29, 1.82) is 0 Å². The molecule has 3 unspecified atom stereocenters. The maximum atomic E-state index is 13.5. The van der Waals surface area contributed by atoms with Crippen molar-refractivity contribution in [2.24, 2.45) is 17.8 Å². The highest BCUT2D eigenvalue weighted by atomic mass is 35.5. The molecule has 0 saturated heterocycles. The molecule has 4 rings (SSSR count). The van der Waals surface area contributed by atoms with Crippen LogP contribution in [0.25, 0.3) is 0 Å². The molecule has 5 nitrogen and oxygen atoms in total. The highest BCUT2D eigenvalue weighted by Gasteiger charge is 2.56. The number of fused-ring (bicyclic) bond motifs is 2. The molecule has 32 heavy (non-hydrogen) atoms. The summed E-state index contributed by atoms with van der Waals surface area (Å²) in [5.41, 5.74) is -0.485. The summed E-state index contributed by atoms with van der Waals surface area (Å²) in [6, 6.07) is 7.85. The molecule has 9 heteroatoms. The number of carbonyl (C=O) groups is 1. The van der Waals surface area contributed by atoms with Crippen LogP contribution < -0.4 is 5.32 Å². The lowest BCUT2D eigenvalue weighted by molar-refractivity contribution is -0.0466. The zero-order valence-electron chi connectivity index (χ0n) is 17.6. The molecule has 0 aromatic heterocycles. The Kier molecular flexibility index (Phi) is 6.07. The lowest BCUT2D eigenvalue weighted by Crippen LogP contribution is -2.46. The minimum atomic E-state index is -3.83. The molecule has 2 fully saturated rings. The van der Waals surface area contributed by atoms with Gasteiger partial charge in [-0.2, -0.15) is 0 Å². The highest BCUT2D eigenvalue weighted by Crippen LogP contribution is 2.54. The number of benzene rings is 2. The molecule has 0 aliphatic heterocycles. The van der Waals surface area contributed by atoms with Crippen molar-refractivity contribution in [1.82, 2.24) is 0 Å². The number of amides is 1. The Balaban J connectivity index is 1.61. The Hall–Kier alpha value is -1.67. The Morgan fingerprint density at radius 3 is 2.50 bits per heavy atom. The molecule has 2 aliphatic carbocycles. The Bertz CT molecular complexity index is 1180. The third-order valence-corrected chi connectivity index (χ3v) is 10.0. The van der Waals surface area contributed by atoms with Crippen molar-refractivity contribution in [2.75, 3.05) is 5.32 Å². The van der Waals surface area contributed by atoms with Crippen LogP contribution in [0.5, 0.6) is 0 Å². The highest BCUT2D eigenvalue weighted by molar-refractivity contribution is 7.92. The summed E-state index contributed by atoms with van der Waals surface area (Å²) < 4.78 is 40.4. The first-order chi connectivity index (χ1) is 14.9. The predicted molar refractivity (Wildman–Crippen MR) is 122 cm³/mol. The van der Waals surface area contributed by atoms with Crippen LogP contribution >= 0.6 is 23.2 Å². The minimum absolute atomic E-state index is 0.0455. The summed E-state index contributed by atoms with van der Waals surface area (Å²) in [5.74, 6) is -1.13. The molecule has 2 saturated carbocycles. The maximum Gasteiger partial charge on any atom is 0.255 e. The van der Waals surface area contributed by atoms with Crippen molar-refractivity contribution in [2.45, 2.75) is 48.9 Å². The number of anilines is 1. The molecule has 0 radical (unpaired) electrons. The van der Waals surface area contributed by atoms with Gasteiger partial charge in [0.25, 0.3) is 5.91 Å². The fourth-order valence-electron chi connectivity index (χ4n) is 5.31. The lowest BCUT2D eigenvalue weighted by atomic mass is 9.74. The van der Waals surface area contributed by atoms with Crippen molar-refractivity contribution in [3.63, 3.8) is 0 Å². The van der Waals surface area contributed by atoms with Gasteiger partial charge < -0.3 is 10.4 Å². The second kappa shape index (κ2) is 8.28. The van der Waals surface area contributed by atoms with E-state index in [1.807, 2.05) is 6.92 Å². The van der Waals surface area contributed by atoms with Crippen molar-refractivity contribution in [3.8, 4) is 0 Å². The van der Waals surface area contributed by atoms with Gasteiger partial charge in [-0.3, -0.25) is 4.79 Å². The first-order valence-corrected chi connectivity index (χ1v) is 12.7. The molecular formula is C23H24Cl2FNO4S. The van der Waals surface area contributed by atoms with E-state index in [1.54, 1.807) is 6.92 Å². The van der Waals surface area contributed by atoms with Crippen LogP contribution in [0, 0.1) is 23.6 Å². The first kappa shape index (κ1) is 23.5. The standard InChI is InChI=1S/C23H24Cl2FNO4S/c1-12-7-14-9-16(11-17(12)23(14,2)29)32(30,31)21-8-13(3-5-18(21)24)22(28)27-15-4-6-20(26)19(25)10-15/h3-6,8,10,12,14,16-17,29H,7,9,11H2,1-2H3,(H,27,28)/t12-,14?,16?,17?,23+/m0/s1. The van der Waals surface area contributed by atoms with Crippen LogP contribution in [0.3, 0.4) is 0 Å². The zero-order chi connectivity index (χ0) is 23.4. The van der Waals surface area contributed by atoms with Gasteiger partial charge in [-0.25, -0.2) is 12.8 Å². The number of hydrogen-bond acceptors (Lipinski definition) is 4. The third-order valence-electron chi connectivity index (χ3n) is 7.10. The molecule has 2 aromatic carbocycles. The summed E-state index contributed by atoms with van der Waals surface area (Å²) in [5, 5.41) is 12.7. The average molecular weight is 500 g/mol. The second-order valence-corrected chi connectivity index (χ2v) is 12.1. The van der Waals surface area contributed by atoms with Crippen molar-refractivity contribution in [3.05, 3.63) is 57.8 Å². The van der Waals surface area contributed by atoms with Gasteiger partial charge in [-0.15, -0.1) is 0 Å². The van der Waals surface area contributed by atoms with Crippen LogP contribution in [0.1, 0.15) is 43.5 Å². The minimum Gasteiger partial charge on any atom is -0.390 e. The second-order valence-electron chi connectivity index (χ2n) is 9.11. The fraction of sp³-hybridized carbons (Fsp3) is 0.435. The number of rotatable bonds is 4. The number of nitrogens with one attached hydrogen (secondary N) is 1. The van der Waals surface area contributed by atoms with Crippen LogP contribution in [0.2, 0.25) is 10.0 Å². The topological polar surface area (TPSA) is 83.5 Å². The summed E-state index contributed by atoms with van der Waals surface area (Å²) in [7, 11) is -3.83. The molecule has 2 N–H and O–H groups in total. The largest absolute Gasteiger partial charge is 0.390 e. The monoisotopic (exact) mass is 499 g/mol. The third kappa shape index (κ3) is 4.04. The lowest BCUT2D eigenvalue weighted by Gasteiger charge is -2.40. The normalized spacial score (nSPS) is 29.7. The zero-order valence-corrected chi connectivity index (χ0v) is 19.9. The van der Waals surface area contributed by atoms with Gasteiger partial charge in [-0.1, -0.05) is 30.1 Å². The summed E-state index contributed by atoms with van der Waals surface area (Å²) in [4.78, 5) is 12.6. The molecule has 5 atom stereocenters. The number of carbonyl (C=O) groups excluding carboxylic acids is 1. The van der Waals surface area contributed by atoms with Gasteiger partial charge >= 0.3 is 0 Å². The van der Waals surface area contributed by atoms with E-state index < -0.39 is 32.4 Å². The molecule has 2 aromatic rings.